The molecule has 36 heavy (non-hydrogen) atoms. The Kier molecular flexibility index (Phi) is 7.43. The quantitative estimate of drug-likeness (QED) is 0.399. The number of aromatic nitrogens is 2. The lowest BCUT2D eigenvalue weighted by atomic mass is 10.1. The number of nitrogens with zero attached hydrogens (tertiary/aromatic N) is 3. The molecule has 186 valence electrons. The molecule has 0 saturated carbocycles. The highest BCUT2D eigenvalue weighted by Gasteiger charge is 2.28. The van der Waals surface area contributed by atoms with Gasteiger partial charge in [-0.25, -0.2) is 14.8 Å². The molecule has 2 atom stereocenters. The molecule has 4 rings (SSSR count). The van der Waals surface area contributed by atoms with Gasteiger partial charge in [0.1, 0.15) is 0 Å². The molecule has 2 aromatic carbocycles. The van der Waals surface area contributed by atoms with Gasteiger partial charge in [0, 0.05) is 36.3 Å². The number of likely N-dealkylation sites (tertiary alicyclic amines) is 1. The summed E-state index contributed by atoms with van der Waals surface area (Å²) in [6.07, 6.45) is 1.64. The zero-order valence-electron chi connectivity index (χ0n) is 19.8. The van der Waals surface area contributed by atoms with Gasteiger partial charge >= 0.3 is 6.09 Å². The van der Waals surface area contributed by atoms with E-state index in [9.17, 15) is 14.4 Å². The van der Waals surface area contributed by atoms with Crippen LogP contribution in [0.1, 0.15) is 39.8 Å². The Balaban J connectivity index is 1.45. The van der Waals surface area contributed by atoms with Crippen molar-refractivity contribution in [1.82, 2.24) is 25.5 Å². The fourth-order valence-corrected chi connectivity index (χ4v) is 4.16. The molecule has 1 fully saturated rings. The van der Waals surface area contributed by atoms with Gasteiger partial charge in [-0.2, -0.15) is 0 Å². The summed E-state index contributed by atoms with van der Waals surface area (Å²) in [5.74, 6) is -0.776. The molecule has 0 bridgehead atoms. The van der Waals surface area contributed by atoms with Crippen molar-refractivity contribution >= 4 is 23.7 Å². The second-order valence-corrected chi connectivity index (χ2v) is 8.82. The molecular weight excluding hydrogens is 460 g/mol. The van der Waals surface area contributed by atoms with E-state index < -0.39 is 12.0 Å². The number of carbonyl (C=O) groups excluding carboxylic acids is 2. The first kappa shape index (κ1) is 24.6. The predicted molar refractivity (Wildman–Crippen MR) is 134 cm³/mol. The third-order valence-electron chi connectivity index (χ3n) is 5.99. The van der Waals surface area contributed by atoms with Gasteiger partial charge in [-0.05, 0) is 37.5 Å². The SMILES string of the molecule is CC(Cc1ccccc1)NC(=O)c1cccc(-c2cnc(N)c(C(=O)N[C@H]3CCN(C(=O)O)C3)n2)c1. The summed E-state index contributed by atoms with van der Waals surface area (Å²) in [5.41, 5.74) is 8.45. The summed E-state index contributed by atoms with van der Waals surface area (Å²) < 4.78 is 0. The molecule has 0 radical (unpaired) electrons. The van der Waals surface area contributed by atoms with Gasteiger partial charge in [-0.3, -0.25) is 9.59 Å². The third-order valence-corrected chi connectivity index (χ3v) is 5.99. The Morgan fingerprint density at radius 2 is 1.92 bits per heavy atom. The number of nitrogen functional groups attached to an aromatic ring is 1. The Labute approximate surface area is 208 Å². The minimum absolute atomic E-state index is 0.0343. The van der Waals surface area contributed by atoms with E-state index in [2.05, 4.69) is 20.6 Å². The molecule has 1 unspecified atom stereocenters. The number of carbonyl (C=O) groups is 3. The molecule has 3 aromatic rings. The number of hydrogen-bond acceptors (Lipinski definition) is 6. The van der Waals surface area contributed by atoms with Gasteiger partial charge in [-0.15, -0.1) is 0 Å². The van der Waals surface area contributed by atoms with Crippen molar-refractivity contribution in [3.05, 3.63) is 77.6 Å². The monoisotopic (exact) mass is 488 g/mol. The van der Waals surface area contributed by atoms with Crippen LogP contribution in [-0.4, -0.2) is 63.1 Å². The van der Waals surface area contributed by atoms with Gasteiger partial charge in [0.25, 0.3) is 11.8 Å². The average molecular weight is 489 g/mol. The number of carboxylic acid groups (broad SMARTS) is 1. The minimum Gasteiger partial charge on any atom is -0.465 e. The lowest BCUT2D eigenvalue weighted by Crippen LogP contribution is -2.38. The van der Waals surface area contributed by atoms with Crippen LogP contribution >= 0.6 is 0 Å². The van der Waals surface area contributed by atoms with Gasteiger partial charge in [-0.1, -0.05) is 42.5 Å². The molecule has 1 aliphatic rings. The lowest BCUT2D eigenvalue weighted by Gasteiger charge is -2.15. The van der Waals surface area contributed by atoms with Crippen molar-refractivity contribution < 1.29 is 19.5 Å². The smallest absolute Gasteiger partial charge is 0.407 e. The zero-order chi connectivity index (χ0) is 25.7. The molecule has 1 aliphatic heterocycles. The molecule has 3 amide bonds. The number of benzene rings is 2. The first-order valence-electron chi connectivity index (χ1n) is 11.7. The van der Waals surface area contributed by atoms with Crippen molar-refractivity contribution in [2.24, 2.45) is 0 Å². The molecule has 0 aliphatic carbocycles. The first-order chi connectivity index (χ1) is 17.3. The summed E-state index contributed by atoms with van der Waals surface area (Å²) in [7, 11) is 0. The van der Waals surface area contributed by atoms with E-state index in [1.165, 1.54) is 11.1 Å². The van der Waals surface area contributed by atoms with Crippen molar-refractivity contribution in [3.63, 3.8) is 0 Å². The first-order valence-corrected chi connectivity index (χ1v) is 11.7. The molecule has 10 heteroatoms. The summed E-state index contributed by atoms with van der Waals surface area (Å²) in [4.78, 5) is 46.5. The van der Waals surface area contributed by atoms with Crippen molar-refractivity contribution in [2.45, 2.75) is 31.8 Å². The maximum Gasteiger partial charge on any atom is 0.407 e. The molecule has 5 N–H and O–H groups in total. The van der Waals surface area contributed by atoms with Crippen LogP contribution in [0.4, 0.5) is 10.6 Å². The van der Waals surface area contributed by atoms with E-state index >= 15 is 0 Å². The molecule has 1 saturated heterocycles. The summed E-state index contributed by atoms with van der Waals surface area (Å²) in [6.45, 7) is 2.50. The summed E-state index contributed by atoms with van der Waals surface area (Å²) in [5, 5.41) is 14.9. The van der Waals surface area contributed by atoms with Gasteiger partial charge in [0.2, 0.25) is 0 Å². The topological polar surface area (TPSA) is 151 Å². The van der Waals surface area contributed by atoms with Crippen LogP contribution in [-0.2, 0) is 6.42 Å². The van der Waals surface area contributed by atoms with E-state index in [0.29, 0.717) is 36.2 Å². The standard InChI is InChI=1S/C26H28N6O4/c1-16(12-17-6-3-2-4-7-17)29-24(33)19-9-5-8-18(13-19)21-14-28-23(27)22(31-21)25(34)30-20-10-11-32(15-20)26(35)36/h2-9,13-14,16,20H,10-12,15H2,1H3,(H2,27,28)(H,29,33)(H,30,34)(H,35,36)/t16?,20-/m0/s1. The lowest BCUT2D eigenvalue weighted by molar-refractivity contribution is 0.0926. The number of nitrogens with one attached hydrogen (secondary N) is 2. The Bertz CT molecular complexity index is 1270. The van der Waals surface area contributed by atoms with Crippen LogP contribution in [0.15, 0.2) is 60.8 Å². The Morgan fingerprint density at radius 3 is 2.64 bits per heavy atom. The largest absolute Gasteiger partial charge is 0.465 e. The second kappa shape index (κ2) is 10.9. The number of anilines is 1. The predicted octanol–water partition coefficient (Wildman–Crippen LogP) is 2.57. The van der Waals surface area contributed by atoms with Crippen LogP contribution in [0, 0.1) is 0 Å². The van der Waals surface area contributed by atoms with Crippen LogP contribution in [0.3, 0.4) is 0 Å². The number of nitrogens with two attached hydrogens (primary N) is 1. The minimum atomic E-state index is -1.02. The van der Waals surface area contributed by atoms with Gasteiger partial charge < -0.3 is 26.4 Å². The number of hydrogen-bond donors (Lipinski definition) is 4. The van der Waals surface area contributed by atoms with E-state index in [4.69, 9.17) is 10.8 Å². The Morgan fingerprint density at radius 1 is 1.14 bits per heavy atom. The van der Waals surface area contributed by atoms with Crippen LogP contribution in [0.2, 0.25) is 0 Å². The number of amides is 3. The average Bonchev–Trinajstić information content (AvgIpc) is 3.34. The normalized spacial score (nSPS) is 15.8. The second-order valence-electron chi connectivity index (χ2n) is 8.82. The van der Waals surface area contributed by atoms with E-state index in [1.807, 2.05) is 37.3 Å². The third kappa shape index (κ3) is 5.96. The van der Waals surface area contributed by atoms with Gasteiger partial charge in [0.15, 0.2) is 11.5 Å². The molecule has 1 aromatic heterocycles. The fraction of sp³-hybridized carbons (Fsp3) is 0.269. The number of rotatable bonds is 7. The zero-order valence-corrected chi connectivity index (χ0v) is 19.8. The van der Waals surface area contributed by atoms with Crippen molar-refractivity contribution in [1.29, 1.82) is 0 Å². The highest BCUT2D eigenvalue weighted by molar-refractivity contribution is 5.97. The molecule has 10 nitrogen and oxygen atoms in total. The van der Waals surface area contributed by atoms with Gasteiger partial charge in [0.05, 0.1) is 11.9 Å². The Hall–Kier alpha value is -4.47. The summed E-state index contributed by atoms with van der Waals surface area (Å²) >= 11 is 0. The molecule has 0 spiro atoms. The van der Waals surface area contributed by atoms with Crippen LogP contribution in [0.25, 0.3) is 11.3 Å². The molecular formula is C26H28N6O4. The van der Waals surface area contributed by atoms with Crippen LogP contribution < -0.4 is 16.4 Å². The maximum atomic E-state index is 12.8. The van der Waals surface area contributed by atoms with Crippen molar-refractivity contribution in [3.8, 4) is 11.3 Å². The maximum absolute atomic E-state index is 12.8. The van der Waals surface area contributed by atoms with E-state index in [0.717, 1.165) is 5.56 Å². The highest BCUT2D eigenvalue weighted by Crippen LogP contribution is 2.21. The van der Waals surface area contributed by atoms with E-state index in [1.54, 1.807) is 24.3 Å². The van der Waals surface area contributed by atoms with Crippen molar-refractivity contribution in [2.75, 3.05) is 18.8 Å². The highest BCUT2D eigenvalue weighted by atomic mass is 16.4. The van der Waals surface area contributed by atoms with E-state index in [-0.39, 0.29) is 36.0 Å². The van der Waals surface area contributed by atoms with Crippen LogP contribution in [0.5, 0.6) is 0 Å². The molecule has 2 heterocycles. The fourth-order valence-electron chi connectivity index (χ4n) is 4.16. The summed E-state index contributed by atoms with van der Waals surface area (Å²) in [6, 6.07) is 16.4.